The van der Waals surface area contributed by atoms with Gasteiger partial charge < -0.3 is 19.8 Å². The molecule has 1 spiro atoms. The minimum Gasteiger partial charge on any atom is -0.396 e. The number of anilines is 1. The molecule has 41 heavy (non-hydrogen) atoms. The van der Waals surface area contributed by atoms with Crippen LogP contribution in [0.5, 0.6) is 0 Å². The summed E-state index contributed by atoms with van der Waals surface area (Å²) in [7, 11) is 0. The van der Waals surface area contributed by atoms with Crippen LogP contribution in [0.3, 0.4) is 0 Å². The molecule has 0 radical (unpaired) electrons. The summed E-state index contributed by atoms with van der Waals surface area (Å²) in [5.41, 5.74) is 0.333. The van der Waals surface area contributed by atoms with Gasteiger partial charge in [-0.3, -0.25) is 14.4 Å². The highest BCUT2D eigenvalue weighted by molar-refractivity contribution is 8.02. The molecule has 6 atom stereocenters. The van der Waals surface area contributed by atoms with Crippen molar-refractivity contribution in [1.29, 1.82) is 0 Å². The van der Waals surface area contributed by atoms with E-state index in [-0.39, 0.29) is 35.5 Å². The first-order valence-corrected chi connectivity index (χ1v) is 15.9. The SMILES string of the molecule is C=CCN(C(=O)[C@@H]1[C@H]2C(=O)N(CCCCCCO)C(C(=O)N(CC=C)C(C)(C)C)C23S[C@@H]1CC3C)c1ccccc1. The Labute approximate surface area is 250 Å². The van der Waals surface area contributed by atoms with E-state index >= 15 is 0 Å². The van der Waals surface area contributed by atoms with Gasteiger partial charge in [0.2, 0.25) is 17.7 Å². The maximum Gasteiger partial charge on any atom is 0.247 e. The first-order valence-electron chi connectivity index (χ1n) is 15.0. The number of aliphatic hydroxyl groups is 1. The first kappa shape index (κ1) is 31.4. The topological polar surface area (TPSA) is 81.2 Å². The van der Waals surface area contributed by atoms with Gasteiger partial charge >= 0.3 is 0 Å². The summed E-state index contributed by atoms with van der Waals surface area (Å²) in [5.74, 6) is -1.12. The molecule has 224 valence electrons. The summed E-state index contributed by atoms with van der Waals surface area (Å²) < 4.78 is -0.661. The number of hydrogen-bond donors (Lipinski definition) is 1. The second-order valence-electron chi connectivity index (χ2n) is 12.7. The highest BCUT2D eigenvalue weighted by Gasteiger charge is 2.76. The quantitative estimate of drug-likeness (QED) is 0.265. The molecular weight excluding hydrogens is 534 g/mol. The molecule has 3 fully saturated rings. The van der Waals surface area contributed by atoms with Crippen molar-refractivity contribution in [3.63, 3.8) is 0 Å². The maximum atomic E-state index is 14.6. The maximum absolute atomic E-state index is 14.6. The molecule has 1 N–H and O–H groups in total. The van der Waals surface area contributed by atoms with Crippen LogP contribution in [0.2, 0.25) is 0 Å². The van der Waals surface area contributed by atoms with Gasteiger partial charge in [0.1, 0.15) is 6.04 Å². The fraction of sp³-hybridized carbons (Fsp3) is 0.606. The van der Waals surface area contributed by atoms with E-state index < -0.39 is 28.2 Å². The monoisotopic (exact) mass is 581 g/mol. The zero-order valence-corrected chi connectivity index (χ0v) is 25.9. The average Bonchev–Trinajstić information content (AvgIpc) is 3.53. The molecule has 3 aliphatic rings. The van der Waals surface area contributed by atoms with E-state index in [1.165, 1.54) is 0 Å². The molecule has 3 unspecified atom stereocenters. The number of nitrogens with zero attached hydrogens (tertiary/aromatic N) is 3. The van der Waals surface area contributed by atoms with Gasteiger partial charge in [0.15, 0.2) is 0 Å². The molecule has 4 rings (SSSR count). The highest BCUT2D eigenvalue weighted by Crippen LogP contribution is 2.69. The minimum absolute atomic E-state index is 0.0213. The van der Waals surface area contributed by atoms with Crippen molar-refractivity contribution in [2.75, 3.05) is 31.1 Å². The van der Waals surface area contributed by atoms with Crippen LogP contribution in [0.25, 0.3) is 0 Å². The van der Waals surface area contributed by atoms with Gasteiger partial charge in [-0.25, -0.2) is 0 Å². The predicted molar refractivity (Wildman–Crippen MR) is 167 cm³/mol. The second-order valence-corrected chi connectivity index (χ2v) is 14.3. The van der Waals surface area contributed by atoms with Crippen molar-refractivity contribution in [2.24, 2.45) is 17.8 Å². The molecule has 3 saturated heterocycles. The van der Waals surface area contributed by atoms with Gasteiger partial charge in [0.25, 0.3) is 0 Å². The lowest BCUT2D eigenvalue weighted by Gasteiger charge is -2.44. The zero-order valence-electron chi connectivity index (χ0n) is 25.1. The molecule has 3 heterocycles. The summed E-state index contributed by atoms with van der Waals surface area (Å²) in [6.07, 6.45) is 7.49. The molecular formula is C33H47N3O4S. The van der Waals surface area contributed by atoms with Gasteiger partial charge in [0.05, 0.1) is 16.6 Å². The summed E-state index contributed by atoms with van der Waals surface area (Å²) >= 11 is 1.72. The van der Waals surface area contributed by atoms with Crippen LogP contribution in [0, 0.1) is 17.8 Å². The summed E-state index contributed by atoms with van der Waals surface area (Å²) in [6.45, 7) is 17.4. The molecule has 0 aliphatic carbocycles. The van der Waals surface area contributed by atoms with Crippen molar-refractivity contribution >= 4 is 35.2 Å². The summed E-state index contributed by atoms with van der Waals surface area (Å²) in [5, 5.41) is 9.19. The van der Waals surface area contributed by atoms with Crippen molar-refractivity contribution in [2.45, 2.75) is 81.4 Å². The van der Waals surface area contributed by atoms with Crippen LogP contribution < -0.4 is 4.90 Å². The Hall–Kier alpha value is -2.58. The first-order chi connectivity index (χ1) is 19.5. The Balaban J connectivity index is 1.76. The molecule has 3 amide bonds. The number of carbonyl (C=O) groups excluding carboxylic acids is 3. The van der Waals surface area contributed by atoms with E-state index in [0.29, 0.717) is 19.6 Å². The van der Waals surface area contributed by atoms with E-state index in [0.717, 1.165) is 37.8 Å². The molecule has 1 aromatic carbocycles. The van der Waals surface area contributed by atoms with Crippen LogP contribution in [-0.4, -0.2) is 80.4 Å². The van der Waals surface area contributed by atoms with Gasteiger partial charge in [-0.15, -0.1) is 24.9 Å². The Morgan fingerprint density at radius 1 is 1.07 bits per heavy atom. The van der Waals surface area contributed by atoms with Gasteiger partial charge in [-0.2, -0.15) is 0 Å². The lowest BCUT2D eigenvalue weighted by molar-refractivity contribution is -0.145. The van der Waals surface area contributed by atoms with Crippen LogP contribution in [0.1, 0.15) is 59.8 Å². The third-order valence-corrected chi connectivity index (χ3v) is 11.2. The smallest absolute Gasteiger partial charge is 0.247 e. The number of likely N-dealkylation sites (tertiary alicyclic amines) is 1. The lowest BCUT2D eigenvalue weighted by Crippen LogP contribution is -2.60. The number of fused-ring (bicyclic) bond motifs is 1. The largest absolute Gasteiger partial charge is 0.396 e. The van der Waals surface area contributed by atoms with Crippen LogP contribution in [0.15, 0.2) is 55.6 Å². The van der Waals surface area contributed by atoms with E-state index in [1.54, 1.807) is 28.8 Å². The predicted octanol–water partition coefficient (Wildman–Crippen LogP) is 4.91. The molecule has 7 nitrogen and oxygen atoms in total. The second kappa shape index (κ2) is 12.7. The number of amides is 3. The normalized spacial score (nSPS) is 28.5. The number of aliphatic hydroxyl groups excluding tert-OH is 1. The fourth-order valence-corrected chi connectivity index (χ4v) is 9.69. The number of hydrogen-bond acceptors (Lipinski definition) is 5. The Morgan fingerprint density at radius 3 is 2.34 bits per heavy atom. The third kappa shape index (κ3) is 5.62. The molecule has 3 aliphatic heterocycles. The van der Waals surface area contributed by atoms with Crippen molar-refractivity contribution in [3.05, 3.63) is 55.6 Å². The van der Waals surface area contributed by atoms with Crippen molar-refractivity contribution in [1.82, 2.24) is 9.80 Å². The summed E-state index contributed by atoms with van der Waals surface area (Å²) in [6, 6.07) is 8.93. The van der Waals surface area contributed by atoms with Crippen LogP contribution in [0.4, 0.5) is 5.69 Å². The van der Waals surface area contributed by atoms with Crippen LogP contribution in [-0.2, 0) is 14.4 Å². The molecule has 0 saturated carbocycles. The molecule has 1 aromatic rings. The van der Waals surface area contributed by atoms with Crippen LogP contribution >= 0.6 is 11.8 Å². The van der Waals surface area contributed by atoms with E-state index in [9.17, 15) is 19.5 Å². The minimum atomic E-state index is -0.661. The van der Waals surface area contributed by atoms with E-state index in [4.69, 9.17) is 0 Å². The highest BCUT2D eigenvalue weighted by atomic mass is 32.2. The number of rotatable bonds is 13. The van der Waals surface area contributed by atoms with E-state index in [1.807, 2.05) is 60.9 Å². The average molecular weight is 582 g/mol. The Kier molecular flexibility index (Phi) is 9.74. The van der Waals surface area contributed by atoms with Gasteiger partial charge in [-0.1, -0.05) is 50.1 Å². The number of carbonyl (C=O) groups is 3. The number of para-hydroxylation sites is 1. The number of benzene rings is 1. The molecule has 0 aromatic heterocycles. The zero-order chi connectivity index (χ0) is 29.9. The summed E-state index contributed by atoms with van der Waals surface area (Å²) in [4.78, 5) is 48.9. The van der Waals surface area contributed by atoms with Crippen molar-refractivity contribution < 1.29 is 19.5 Å². The molecule has 8 heteroatoms. The third-order valence-electron chi connectivity index (χ3n) is 9.10. The van der Waals surface area contributed by atoms with Gasteiger partial charge in [0, 0.05) is 42.7 Å². The Morgan fingerprint density at radius 2 is 1.73 bits per heavy atom. The number of thioether (sulfide) groups is 1. The number of unbranched alkanes of at least 4 members (excludes halogenated alkanes) is 3. The van der Waals surface area contributed by atoms with Gasteiger partial charge in [-0.05, 0) is 58.1 Å². The Bertz CT molecular complexity index is 1140. The standard InChI is InChI=1S/C33H47N3O4S/c1-7-18-34(24-16-12-11-13-17-24)29(38)26-25-22-23(3)33(41-25)27(26)30(39)35(20-14-9-10-15-21-37)28(33)31(40)36(19-8-2)32(4,5)6/h7-8,11-13,16-17,23,25-28,37H,1-2,9-10,14-15,18-22H2,3-6H3/t23?,25-,26+,27+,28?,33?/m1/s1. The van der Waals surface area contributed by atoms with Crippen molar-refractivity contribution in [3.8, 4) is 0 Å². The fourth-order valence-electron chi connectivity index (χ4n) is 7.28. The molecule has 2 bridgehead atoms. The lowest BCUT2D eigenvalue weighted by atomic mass is 9.65. The van der Waals surface area contributed by atoms with E-state index in [2.05, 4.69) is 20.1 Å².